The summed E-state index contributed by atoms with van der Waals surface area (Å²) in [6.07, 6.45) is 3.59. The van der Waals surface area contributed by atoms with Crippen LogP contribution < -0.4 is 0 Å². The number of hydrogen-bond donors (Lipinski definition) is 0. The molecular formula is C20H61O3P. The van der Waals surface area contributed by atoms with Gasteiger partial charge in [-0.1, -0.05) is 93.5 Å². The van der Waals surface area contributed by atoms with Gasteiger partial charge in [0.25, 0.3) is 0 Å². The first-order chi connectivity index (χ1) is 6.99. The second kappa shape index (κ2) is 38.6. The van der Waals surface area contributed by atoms with Crippen LogP contribution in [0.5, 0.6) is 0 Å². The molecule has 0 radical (unpaired) electrons. The van der Waals surface area contributed by atoms with E-state index in [0.29, 0.717) is 19.1 Å². The molecule has 24 heavy (non-hydrogen) atoms. The molecule has 4 heteroatoms. The third-order valence-corrected chi connectivity index (χ3v) is 3.06. The molecule has 0 aliphatic carbocycles. The maximum Gasteiger partial charge on any atom is 0.197 e. The summed E-state index contributed by atoms with van der Waals surface area (Å²) in [7, 11) is -2.33. The maximum absolute atomic E-state index is 11.2. The van der Waals surface area contributed by atoms with Gasteiger partial charge in [-0.2, -0.15) is 0 Å². The average molecular weight is 381 g/mol. The molecule has 0 heterocycles. The van der Waals surface area contributed by atoms with E-state index in [4.69, 9.17) is 9.26 Å². The van der Waals surface area contributed by atoms with Gasteiger partial charge < -0.3 is 9.26 Å². The lowest BCUT2D eigenvalue weighted by molar-refractivity contribution is 0.0714. The average Bonchev–Trinajstić information content (AvgIpc) is 2.14. The molecule has 0 aliphatic rings. The summed E-state index contributed by atoms with van der Waals surface area (Å²) in [4.78, 5) is 0. The van der Waals surface area contributed by atoms with Gasteiger partial charge in [-0.15, -0.1) is 0 Å². The van der Waals surface area contributed by atoms with Crippen molar-refractivity contribution in [2.45, 2.75) is 99.9 Å². The van der Waals surface area contributed by atoms with Crippen molar-refractivity contribution >= 4 is 7.37 Å². The molecule has 0 aromatic carbocycles. The fourth-order valence-electron chi connectivity index (χ4n) is 1.38. The minimum absolute atomic E-state index is 0. The monoisotopic (exact) mass is 380 g/mol. The largest absolute Gasteiger partial charge is 0.379 e. The Kier molecular flexibility index (Phi) is 104. The van der Waals surface area contributed by atoms with E-state index in [0.717, 1.165) is 13.0 Å². The highest BCUT2D eigenvalue weighted by Crippen LogP contribution is 2.36. The van der Waals surface area contributed by atoms with Gasteiger partial charge in [-0.3, -0.25) is 4.57 Å². The Labute approximate surface area is 160 Å². The van der Waals surface area contributed by atoms with Crippen LogP contribution in [-0.4, -0.2) is 33.2 Å². The predicted octanol–water partition coefficient (Wildman–Crippen LogP) is 9.11. The molecule has 0 rings (SSSR count). The van der Waals surface area contributed by atoms with E-state index in [1.54, 1.807) is 13.3 Å². The summed E-state index contributed by atoms with van der Waals surface area (Å²) in [5, 5.41) is 0. The summed E-state index contributed by atoms with van der Waals surface area (Å²) < 4.78 is 21.8. The molecule has 0 fully saturated rings. The number of ether oxygens (including phenoxy) is 1. The molecule has 1 unspecified atom stereocenters. The van der Waals surface area contributed by atoms with Gasteiger partial charge in [0.15, 0.2) is 7.37 Å². The Morgan fingerprint density at radius 1 is 0.792 bits per heavy atom. The Morgan fingerprint density at radius 3 is 1.50 bits per heavy atom. The second-order valence-electron chi connectivity index (χ2n) is 4.22. The number of hydrogen-bond acceptors (Lipinski definition) is 3. The Hall–Kier alpha value is 0.150. The van der Waals surface area contributed by atoms with Gasteiger partial charge in [-0.25, -0.2) is 0 Å². The summed E-state index contributed by atoms with van der Waals surface area (Å²) in [5.41, 5.74) is 0. The summed E-state index contributed by atoms with van der Waals surface area (Å²) >= 11 is 0. The molecule has 1 atom stereocenters. The molecule has 0 N–H and O–H groups in total. The van der Waals surface area contributed by atoms with Gasteiger partial charge >= 0.3 is 0 Å². The van der Waals surface area contributed by atoms with E-state index in [9.17, 15) is 4.57 Å². The van der Waals surface area contributed by atoms with Crippen molar-refractivity contribution in [3.63, 3.8) is 0 Å². The van der Waals surface area contributed by atoms with Gasteiger partial charge in [0.1, 0.15) is 0 Å². The van der Waals surface area contributed by atoms with Gasteiger partial charge in [0.05, 0.1) is 13.2 Å². The molecule has 0 aliphatic heterocycles. The molecule has 164 valence electrons. The SMILES string of the molecule is C.C.C.C.C.C.C.C.C.CCCC(CC)COCCOP(C)(C)=O. The molecule has 0 spiro atoms. The van der Waals surface area contributed by atoms with Crippen molar-refractivity contribution in [1.82, 2.24) is 0 Å². The van der Waals surface area contributed by atoms with Crippen LogP contribution in [0.3, 0.4) is 0 Å². The highest BCUT2D eigenvalue weighted by Gasteiger charge is 2.07. The molecule has 0 saturated heterocycles. The minimum Gasteiger partial charge on any atom is -0.379 e. The van der Waals surface area contributed by atoms with E-state index in [1.807, 2.05) is 0 Å². The van der Waals surface area contributed by atoms with Crippen LogP contribution >= 0.6 is 7.37 Å². The third kappa shape index (κ3) is 49.5. The Morgan fingerprint density at radius 2 is 1.21 bits per heavy atom. The van der Waals surface area contributed by atoms with Crippen molar-refractivity contribution < 1.29 is 13.8 Å². The fourth-order valence-corrected chi connectivity index (χ4v) is 1.89. The topological polar surface area (TPSA) is 35.5 Å². The minimum atomic E-state index is -2.33. The third-order valence-electron chi connectivity index (χ3n) is 2.26. The second-order valence-corrected chi connectivity index (χ2v) is 6.99. The smallest absolute Gasteiger partial charge is 0.197 e. The molecule has 0 aromatic rings. The lowest BCUT2D eigenvalue weighted by Gasteiger charge is -2.14. The molecular weight excluding hydrogens is 319 g/mol. The molecule has 0 bridgehead atoms. The first-order valence-electron chi connectivity index (χ1n) is 5.76. The Bertz CT molecular complexity index is 191. The molecule has 0 saturated carbocycles. The summed E-state index contributed by atoms with van der Waals surface area (Å²) in [6.45, 7) is 9.41. The van der Waals surface area contributed by atoms with Crippen LogP contribution in [0.15, 0.2) is 0 Å². The van der Waals surface area contributed by atoms with Crippen LogP contribution in [0, 0.1) is 5.92 Å². The predicted molar refractivity (Wildman–Crippen MR) is 125 cm³/mol. The van der Waals surface area contributed by atoms with Crippen molar-refractivity contribution in [3.05, 3.63) is 0 Å². The van der Waals surface area contributed by atoms with E-state index < -0.39 is 7.37 Å². The quantitative estimate of drug-likeness (QED) is 0.295. The summed E-state index contributed by atoms with van der Waals surface area (Å²) in [5.74, 6) is 0.657. The zero-order valence-corrected chi connectivity index (χ0v) is 11.4. The van der Waals surface area contributed by atoms with Crippen LogP contribution in [0.2, 0.25) is 0 Å². The van der Waals surface area contributed by atoms with Gasteiger partial charge in [0.2, 0.25) is 0 Å². The van der Waals surface area contributed by atoms with E-state index in [-0.39, 0.29) is 66.8 Å². The lowest BCUT2D eigenvalue weighted by atomic mass is 10.0. The number of rotatable bonds is 9. The van der Waals surface area contributed by atoms with Crippen molar-refractivity contribution in [2.24, 2.45) is 5.92 Å². The van der Waals surface area contributed by atoms with Gasteiger partial charge in [-0.05, 0) is 12.3 Å². The van der Waals surface area contributed by atoms with Crippen molar-refractivity contribution in [2.75, 3.05) is 33.2 Å². The van der Waals surface area contributed by atoms with Crippen LogP contribution in [-0.2, 0) is 13.8 Å². The van der Waals surface area contributed by atoms with Crippen LogP contribution in [0.4, 0.5) is 0 Å². The van der Waals surface area contributed by atoms with Crippen LogP contribution in [0.1, 0.15) is 99.9 Å². The fraction of sp³-hybridized carbons (Fsp3) is 1.00. The zero-order chi connectivity index (χ0) is 11.7. The molecule has 3 nitrogen and oxygen atoms in total. The summed E-state index contributed by atoms with van der Waals surface area (Å²) in [6, 6.07) is 0. The first kappa shape index (κ1) is 64.6. The van der Waals surface area contributed by atoms with E-state index >= 15 is 0 Å². The zero-order valence-electron chi connectivity index (χ0n) is 10.5. The van der Waals surface area contributed by atoms with Crippen molar-refractivity contribution in [3.8, 4) is 0 Å². The van der Waals surface area contributed by atoms with Crippen molar-refractivity contribution in [1.29, 1.82) is 0 Å². The normalized spacial score (nSPS) is 8.83. The Balaban J connectivity index is -0.0000000272. The molecule has 0 aromatic heterocycles. The highest BCUT2D eigenvalue weighted by molar-refractivity contribution is 7.57. The lowest BCUT2D eigenvalue weighted by Crippen LogP contribution is -2.11. The highest BCUT2D eigenvalue weighted by atomic mass is 31.2. The van der Waals surface area contributed by atoms with E-state index in [2.05, 4.69) is 13.8 Å². The molecule has 0 amide bonds. The standard InChI is InChI=1S/C11H25O3P.9CH4/c1-5-7-11(6-2)10-13-8-9-14-15(3,4)12;;;;;;;;;/h11H,5-10H2,1-4H3;9*1H4. The first-order valence-corrected chi connectivity index (χ1v) is 8.28. The van der Waals surface area contributed by atoms with Crippen LogP contribution in [0.25, 0.3) is 0 Å². The van der Waals surface area contributed by atoms with Gasteiger partial charge in [0, 0.05) is 19.9 Å². The maximum atomic E-state index is 11.2. The van der Waals surface area contributed by atoms with E-state index in [1.165, 1.54) is 12.8 Å².